The van der Waals surface area contributed by atoms with Gasteiger partial charge in [0.25, 0.3) is 11.9 Å². The highest BCUT2D eigenvalue weighted by atomic mass is 16.4. The Bertz CT molecular complexity index is 1220. The Morgan fingerprint density at radius 2 is 1.83 bits per heavy atom. The van der Waals surface area contributed by atoms with E-state index in [9.17, 15) is 4.79 Å². The molecule has 7 nitrogen and oxygen atoms in total. The predicted octanol–water partition coefficient (Wildman–Crippen LogP) is 4.91. The highest BCUT2D eigenvalue weighted by molar-refractivity contribution is 6.05. The normalized spacial score (nSPS) is 10.3. The number of carbonyl (C=O) groups is 1. The molecule has 0 atom stereocenters. The summed E-state index contributed by atoms with van der Waals surface area (Å²) in [6.45, 7) is 1.93. The predicted molar refractivity (Wildman–Crippen MR) is 113 cm³/mol. The van der Waals surface area contributed by atoms with E-state index in [1.807, 2.05) is 31.2 Å². The Morgan fingerprint density at radius 1 is 1.07 bits per heavy atom. The summed E-state index contributed by atoms with van der Waals surface area (Å²) in [7, 11) is 0. The van der Waals surface area contributed by atoms with E-state index in [1.54, 1.807) is 55.0 Å². The lowest BCUT2D eigenvalue weighted by atomic mass is 10.1. The summed E-state index contributed by atoms with van der Waals surface area (Å²) in [5.74, 6) is 0.361. The standard InChI is InChI=1S/C23H17N5O2/c1-15-2-5-18(22(29)27-19-6-3-16(13-24)4-7-19)12-20(15)28-23-26-14-21(30-23)17-8-10-25-11-9-17/h2-12,14H,1H3,(H,26,28)(H,27,29). The van der Waals surface area contributed by atoms with Gasteiger partial charge in [0.2, 0.25) is 0 Å². The van der Waals surface area contributed by atoms with Gasteiger partial charge in [-0.1, -0.05) is 6.07 Å². The second-order valence-corrected chi connectivity index (χ2v) is 6.56. The second-order valence-electron chi connectivity index (χ2n) is 6.56. The molecule has 0 spiro atoms. The van der Waals surface area contributed by atoms with E-state index < -0.39 is 0 Å². The molecule has 1 amide bonds. The molecule has 30 heavy (non-hydrogen) atoms. The molecule has 4 aromatic rings. The zero-order valence-corrected chi connectivity index (χ0v) is 16.1. The first-order valence-corrected chi connectivity index (χ1v) is 9.18. The molecule has 0 saturated heterocycles. The van der Waals surface area contributed by atoms with Gasteiger partial charge in [-0.25, -0.2) is 4.98 Å². The molecule has 146 valence electrons. The Balaban J connectivity index is 1.51. The zero-order chi connectivity index (χ0) is 20.9. The largest absolute Gasteiger partial charge is 0.423 e. The second kappa shape index (κ2) is 8.29. The number of hydrogen-bond donors (Lipinski definition) is 2. The van der Waals surface area contributed by atoms with Crippen LogP contribution in [0.3, 0.4) is 0 Å². The number of aryl methyl sites for hydroxylation is 1. The number of hydrogen-bond acceptors (Lipinski definition) is 6. The van der Waals surface area contributed by atoms with Crippen LogP contribution < -0.4 is 10.6 Å². The van der Waals surface area contributed by atoms with Crippen molar-refractivity contribution in [3.8, 4) is 17.4 Å². The van der Waals surface area contributed by atoms with Gasteiger partial charge in [-0.2, -0.15) is 5.26 Å². The first kappa shape index (κ1) is 18.9. The third-order valence-electron chi connectivity index (χ3n) is 4.48. The molecule has 0 saturated carbocycles. The number of nitriles is 1. The van der Waals surface area contributed by atoms with Crippen molar-refractivity contribution in [3.05, 3.63) is 89.9 Å². The highest BCUT2D eigenvalue weighted by Gasteiger charge is 2.12. The topological polar surface area (TPSA) is 104 Å². The molecule has 7 heteroatoms. The molecule has 0 unspecified atom stereocenters. The van der Waals surface area contributed by atoms with Crippen LogP contribution in [-0.4, -0.2) is 15.9 Å². The van der Waals surface area contributed by atoms with Crippen molar-refractivity contribution in [2.45, 2.75) is 6.92 Å². The van der Waals surface area contributed by atoms with E-state index in [4.69, 9.17) is 9.68 Å². The maximum atomic E-state index is 12.6. The molecule has 2 N–H and O–H groups in total. The number of rotatable bonds is 5. The summed E-state index contributed by atoms with van der Waals surface area (Å²) in [5, 5.41) is 14.8. The van der Waals surface area contributed by atoms with Gasteiger partial charge in [0.05, 0.1) is 17.8 Å². The summed E-state index contributed by atoms with van der Waals surface area (Å²) in [4.78, 5) is 20.9. The molecule has 2 aromatic carbocycles. The SMILES string of the molecule is Cc1ccc(C(=O)Nc2ccc(C#N)cc2)cc1Nc1ncc(-c2ccncc2)o1. The van der Waals surface area contributed by atoms with Crippen molar-refractivity contribution >= 4 is 23.3 Å². The van der Waals surface area contributed by atoms with Crippen molar-refractivity contribution in [3.63, 3.8) is 0 Å². The lowest BCUT2D eigenvalue weighted by molar-refractivity contribution is 0.102. The third-order valence-corrected chi connectivity index (χ3v) is 4.48. The molecule has 0 aliphatic heterocycles. The molecule has 4 rings (SSSR count). The molecule has 0 aliphatic carbocycles. The van der Waals surface area contributed by atoms with Gasteiger partial charge in [-0.05, 0) is 61.0 Å². The molecule has 0 fully saturated rings. The van der Waals surface area contributed by atoms with E-state index >= 15 is 0 Å². The molecule has 2 aromatic heterocycles. The Morgan fingerprint density at radius 3 is 2.57 bits per heavy atom. The van der Waals surface area contributed by atoms with Gasteiger partial charge in [0.1, 0.15) is 0 Å². The Labute approximate surface area is 173 Å². The highest BCUT2D eigenvalue weighted by Crippen LogP contribution is 2.26. The molecular formula is C23H17N5O2. The van der Waals surface area contributed by atoms with Crippen molar-refractivity contribution in [1.82, 2.24) is 9.97 Å². The van der Waals surface area contributed by atoms with Crippen LogP contribution in [0.15, 0.2) is 77.6 Å². The van der Waals surface area contributed by atoms with Crippen LogP contribution in [0.5, 0.6) is 0 Å². The lowest BCUT2D eigenvalue weighted by Crippen LogP contribution is -2.12. The van der Waals surface area contributed by atoms with Gasteiger partial charge in [0.15, 0.2) is 5.76 Å². The minimum atomic E-state index is -0.257. The maximum absolute atomic E-state index is 12.6. The quantitative estimate of drug-likeness (QED) is 0.497. The summed E-state index contributed by atoms with van der Waals surface area (Å²) in [5.41, 5.74) is 4.15. The minimum absolute atomic E-state index is 0.257. The van der Waals surface area contributed by atoms with Crippen molar-refractivity contribution in [1.29, 1.82) is 5.26 Å². The average Bonchev–Trinajstić information content (AvgIpc) is 3.25. The van der Waals surface area contributed by atoms with Crippen LogP contribution >= 0.6 is 0 Å². The first-order chi connectivity index (χ1) is 14.6. The number of anilines is 3. The van der Waals surface area contributed by atoms with E-state index in [0.717, 1.165) is 11.1 Å². The fraction of sp³-hybridized carbons (Fsp3) is 0.0435. The third kappa shape index (κ3) is 4.18. The molecular weight excluding hydrogens is 378 g/mol. The number of amides is 1. The fourth-order valence-corrected chi connectivity index (χ4v) is 2.83. The summed E-state index contributed by atoms with van der Waals surface area (Å²) in [6.07, 6.45) is 5.00. The zero-order valence-electron chi connectivity index (χ0n) is 16.1. The smallest absolute Gasteiger partial charge is 0.299 e. The van der Waals surface area contributed by atoms with Crippen LogP contribution in [-0.2, 0) is 0 Å². The van der Waals surface area contributed by atoms with Crippen molar-refractivity contribution in [2.75, 3.05) is 10.6 Å². The molecule has 2 heterocycles. The van der Waals surface area contributed by atoms with Crippen LogP contribution in [0, 0.1) is 18.3 Å². The number of aromatic nitrogens is 2. The number of pyridine rings is 1. The summed E-state index contributed by atoms with van der Waals surface area (Å²) < 4.78 is 5.77. The van der Waals surface area contributed by atoms with Crippen molar-refractivity contribution in [2.24, 2.45) is 0 Å². The molecule has 0 aliphatic rings. The number of nitrogens with zero attached hydrogens (tertiary/aromatic N) is 3. The van der Waals surface area contributed by atoms with Crippen LogP contribution in [0.1, 0.15) is 21.5 Å². The van der Waals surface area contributed by atoms with Crippen LogP contribution in [0.25, 0.3) is 11.3 Å². The first-order valence-electron chi connectivity index (χ1n) is 9.18. The van der Waals surface area contributed by atoms with E-state index in [-0.39, 0.29) is 5.91 Å². The maximum Gasteiger partial charge on any atom is 0.299 e. The van der Waals surface area contributed by atoms with E-state index in [2.05, 4.69) is 20.6 Å². The number of carbonyl (C=O) groups excluding carboxylic acids is 1. The summed E-state index contributed by atoms with van der Waals surface area (Å²) in [6, 6.07) is 18.1. The number of oxazole rings is 1. The lowest BCUT2D eigenvalue weighted by Gasteiger charge is -2.10. The number of benzene rings is 2. The van der Waals surface area contributed by atoms with Crippen LogP contribution in [0.2, 0.25) is 0 Å². The summed E-state index contributed by atoms with van der Waals surface area (Å²) >= 11 is 0. The minimum Gasteiger partial charge on any atom is -0.423 e. The van der Waals surface area contributed by atoms with E-state index in [0.29, 0.717) is 34.3 Å². The fourth-order valence-electron chi connectivity index (χ4n) is 2.83. The van der Waals surface area contributed by atoms with E-state index in [1.165, 1.54) is 0 Å². The monoisotopic (exact) mass is 395 g/mol. The van der Waals surface area contributed by atoms with Crippen molar-refractivity contribution < 1.29 is 9.21 Å². The Kier molecular flexibility index (Phi) is 5.22. The van der Waals surface area contributed by atoms with Gasteiger partial charge in [-0.15, -0.1) is 0 Å². The molecule has 0 radical (unpaired) electrons. The van der Waals surface area contributed by atoms with Gasteiger partial charge >= 0.3 is 0 Å². The van der Waals surface area contributed by atoms with Gasteiger partial charge < -0.3 is 15.1 Å². The Hall–Kier alpha value is -4.44. The number of nitrogens with one attached hydrogen (secondary N) is 2. The average molecular weight is 395 g/mol. The van der Waals surface area contributed by atoms with Crippen LogP contribution in [0.4, 0.5) is 17.4 Å². The van der Waals surface area contributed by atoms with Gasteiger partial charge in [0, 0.05) is 34.9 Å². The molecule has 0 bridgehead atoms. The van der Waals surface area contributed by atoms with Gasteiger partial charge in [-0.3, -0.25) is 9.78 Å².